The predicted molar refractivity (Wildman–Crippen MR) is 93.6 cm³/mol. The van der Waals surface area contributed by atoms with Gasteiger partial charge in [0.05, 0.1) is 6.61 Å². The molecule has 0 saturated heterocycles. The molecule has 0 bridgehead atoms. The third-order valence-corrected chi connectivity index (χ3v) is 3.99. The van der Waals surface area contributed by atoms with Crippen molar-refractivity contribution in [3.63, 3.8) is 0 Å². The van der Waals surface area contributed by atoms with Crippen LogP contribution in [0.15, 0.2) is 42.6 Å². The van der Waals surface area contributed by atoms with E-state index in [1.165, 1.54) is 16.8 Å². The maximum atomic E-state index is 5.05. The van der Waals surface area contributed by atoms with Gasteiger partial charge in [-0.15, -0.1) is 0 Å². The number of rotatable bonds is 6. The van der Waals surface area contributed by atoms with Crippen molar-refractivity contribution < 1.29 is 4.74 Å². The second-order valence-corrected chi connectivity index (χ2v) is 5.77. The summed E-state index contributed by atoms with van der Waals surface area (Å²) in [5.74, 6) is 0.893. The summed E-state index contributed by atoms with van der Waals surface area (Å²) in [7, 11) is 1.70. The molecule has 1 aromatic heterocycles. The highest BCUT2D eigenvalue weighted by Crippen LogP contribution is 2.23. The molecule has 2 aromatic rings. The van der Waals surface area contributed by atoms with E-state index < -0.39 is 0 Å². The van der Waals surface area contributed by atoms with E-state index in [1.54, 1.807) is 7.11 Å². The topological polar surface area (TPSA) is 49.4 Å². The molecule has 0 unspecified atom stereocenters. The van der Waals surface area contributed by atoms with Crippen LogP contribution < -0.4 is 10.6 Å². The lowest BCUT2D eigenvalue weighted by Gasteiger charge is -2.19. The summed E-state index contributed by atoms with van der Waals surface area (Å²) in [6, 6.07) is 12.7. The molecule has 0 atom stereocenters. The molecule has 1 aliphatic heterocycles. The Bertz CT molecular complexity index is 618. The SMILES string of the molecule is COCCNc1cc2c(cn1)CN(Cc1ccccc1)CCN2. The van der Waals surface area contributed by atoms with Crippen LogP contribution in [0.1, 0.15) is 11.1 Å². The summed E-state index contributed by atoms with van der Waals surface area (Å²) in [6.45, 7) is 5.30. The molecule has 0 spiro atoms. The molecule has 1 aliphatic rings. The van der Waals surface area contributed by atoms with Crippen LogP contribution in [0.25, 0.3) is 0 Å². The molecule has 2 N–H and O–H groups in total. The minimum absolute atomic E-state index is 0.678. The zero-order valence-corrected chi connectivity index (χ0v) is 13.6. The van der Waals surface area contributed by atoms with E-state index in [4.69, 9.17) is 4.74 Å². The molecule has 2 heterocycles. The van der Waals surface area contributed by atoms with Crippen LogP contribution in [0.5, 0.6) is 0 Å². The van der Waals surface area contributed by atoms with Crippen LogP contribution >= 0.6 is 0 Å². The summed E-state index contributed by atoms with van der Waals surface area (Å²) in [5.41, 5.74) is 3.77. The Hall–Kier alpha value is -2.11. The van der Waals surface area contributed by atoms with E-state index in [9.17, 15) is 0 Å². The molecule has 122 valence electrons. The predicted octanol–water partition coefficient (Wildman–Crippen LogP) is 2.57. The summed E-state index contributed by atoms with van der Waals surface area (Å²) < 4.78 is 5.05. The fourth-order valence-electron chi connectivity index (χ4n) is 2.80. The Labute approximate surface area is 137 Å². The summed E-state index contributed by atoms with van der Waals surface area (Å²) >= 11 is 0. The van der Waals surface area contributed by atoms with E-state index >= 15 is 0 Å². The average molecular weight is 312 g/mol. The standard InChI is InChI=1S/C18H24N4O/c1-23-10-8-20-18-11-17-16(12-21-18)14-22(9-7-19-17)13-15-5-3-2-4-6-15/h2-6,11-12,19H,7-10,13-14H2,1H3,(H,20,21). The Morgan fingerprint density at radius 3 is 3.00 bits per heavy atom. The van der Waals surface area contributed by atoms with E-state index in [1.807, 2.05) is 6.20 Å². The molecular weight excluding hydrogens is 288 g/mol. The van der Waals surface area contributed by atoms with Crippen molar-refractivity contribution in [3.05, 3.63) is 53.7 Å². The van der Waals surface area contributed by atoms with Crippen LogP contribution in [0.3, 0.4) is 0 Å². The number of fused-ring (bicyclic) bond motifs is 1. The van der Waals surface area contributed by atoms with Gasteiger partial charge < -0.3 is 15.4 Å². The van der Waals surface area contributed by atoms with Gasteiger partial charge in [-0.05, 0) is 5.56 Å². The van der Waals surface area contributed by atoms with Crippen molar-refractivity contribution in [3.8, 4) is 0 Å². The summed E-state index contributed by atoms with van der Waals surface area (Å²) in [6.07, 6.45) is 1.97. The summed E-state index contributed by atoms with van der Waals surface area (Å²) in [5, 5.41) is 6.80. The zero-order chi connectivity index (χ0) is 15.9. The maximum absolute atomic E-state index is 5.05. The number of hydrogen-bond donors (Lipinski definition) is 2. The van der Waals surface area contributed by atoms with Gasteiger partial charge in [0.1, 0.15) is 5.82 Å². The van der Waals surface area contributed by atoms with Gasteiger partial charge in [-0.2, -0.15) is 0 Å². The fourth-order valence-corrected chi connectivity index (χ4v) is 2.80. The van der Waals surface area contributed by atoms with Crippen molar-refractivity contribution in [2.75, 3.05) is 44.0 Å². The molecule has 1 aromatic carbocycles. The van der Waals surface area contributed by atoms with Crippen molar-refractivity contribution in [2.45, 2.75) is 13.1 Å². The molecule has 5 nitrogen and oxygen atoms in total. The van der Waals surface area contributed by atoms with Gasteiger partial charge in [-0.1, -0.05) is 30.3 Å². The molecule has 5 heteroatoms. The first-order valence-corrected chi connectivity index (χ1v) is 8.07. The van der Waals surface area contributed by atoms with E-state index in [0.717, 1.165) is 38.5 Å². The Kier molecular flexibility index (Phi) is 5.45. The quantitative estimate of drug-likeness (QED) is 0.803. The number of nitrogens with one attached hydrogen (secondary N) is 2. The van der Waals surface area contributed by atoms with Crippen molar-refractivity contribution in [2.24, 2.45) is 0 Å². The third kappa shape index (κ3) is 4.43. The lowest BCUT2D eigenvalue weighted by Crippen LogP contribution is -2.25. The highest BCUT2D eigenvalue weighted by Gasteiger charge is 2.15. The first-order chi connectivity index (χ1) is 11.3. The molecule has 0 amide bonds. The van der Waals surface area contributed by atoms with Gasteiger partial charge in [0.15, 0.2) is 0 Å². The number of methoxy groups -OCH3 is 1. The van der Waals surface area contributed by atoms with Crippen LogP contribution in [0.2, 0.25) is 0 Å². The number of hydrogen-bond acceptors (Lipinski definition) is 5. The minimum atomic E-state index is 0.678. The molecule has 23 heavy (non-hydrogen) atoms. The lowest BCUT2D eigenvalue weighted by atomic mass is 10.2. The normalized spacial score (nSPS) is 14.7. The zero-order valence-electron chi connectivity index (χ0n) is 13.6. The smallest absolute Gasteiger partial charge is 0.128 e. The van der Waals surface area contributed by atoms with Gasteiger partial charge in [-0.25, -0.2) is 4.98 Å². The maximum Gasteiger partial charge on any atom is 0.128 e. The molecular formula is C18H24N4O. The average Bonchev–Trinajstić information content (AvgIpc) is 2.77. The minimum Gasteiger partial charge on any atom is -0.383 e. The lowest BCUT2D eigenvalue weighted by molar-refractivity contribution is 0.210. The second kappa shape index (κ2) is 7.94. The number of benzene rings is 1. The monoisotopic (exact) mass is 312 g/mol. The molecule has 0 radical (unpaired) electrons. The van der Waals surface area contributed by atoms with Gasteiger partial charge in [-0.3, -0.25) is 4.90 Å². The summed E-state index contributed by atoms with van der Waals surface area (Å²) in [4.78, 5) is 6.97. The number of pyridine rings is 1. The van der Waals surface area contributed by atoms with Gasteiger partial charge in [0.25, 0.3) is 0 Å². The van der Waals surface area contributed by atoms with Gasteiger partial charge >= 0.3 is 0 Å². The van der Waals surface area contributed by atoms with Gasteiger partial charge in [0.2, 0.25) is 0 Å². The Morgan fingerprint density at radius 2 is 2.17 bits per heavy atom. The highest BCUT2D eigenvalue weighted by atomic mass is 16.5. The van der Waals surface area contributed by atoms with Crippen molar-refractivity contribution in [1.29, 1.82) is 0 Å². The first kappa shape index (κ1) is 15.8. The number of ether oxygens (including phenoxy) is 1. The van der Waals surface area contributed by atoms with E-state index in [2.05, 4.69) is 56.9 Å². The van der Waals surface area contributed by atoms with Crippen LogP contribution in [0, 0.1) is 0 Å². The molecule has 0 fully saturated rings. The fraction of sp³-hybridized carbons (Fsp3) is 0.389. The van der Waals surface area contributed by atoms with E-state index in [0.29, 0.717) is 6.61 Å². The highest BCUT2D eigenvalue weighted by molar-refractivity contribution is 5.57. The molecule has 0 saturated carbocycles. The molecule has 0 aliphatic carbocycles. The van der Waals surface area contributed by atoms with Crippen molar-refractivity contribution in [1.82, 2.24) is 9.88 Å². The first-order valence-electron chi connectivity index (χ1n) is 8.07. The molecule has 3 rings (SSSR count). The number of nitrogens with zero attached hydrogens (tertiary/aromatic N) is 2. The van der Waals surface area contributed by atoms with Crippen molar-refractivity contribution >= 4 is 11.5 Å². The third-order valence-electron chi connectivity index (χ3n) is 3.99. The Balaban J connectivity index is 1.66. The van der Waals surface area contributed by atoms with Crippen LogP contribution in [-0.4, -0.2) is 43.2 Å². The van der Waals surface area contributed by atoms with Gasteiger partial charge in [0, 0.05) is 63.3 Å². The largest absolute Gasteiger partial charge is 0.383 e. The Morgan fingerprint density at radius 1 is 1.30 bits per heavy atom. The second-order valence-electron chi connectivity index (χ2n) is 5.77. The van der Waals surface area contributed by atoms with Crippen LogP contribution in [0.4, 0.5) is 11.5 Å². The van der Waals surface area contributed by atoms with E-state index in [-0.39, 0.29) is 0 Å². The number of aromatic nitrogens is 1. The van der Waals surface area contributed by atoms with Crippen LogP contribution in [-0.2, 0) is 17.8 Å². The number of anilines is 2.